The fraction of sp³-hybridized carbons (Fsp3) is 0.478. The molecule has 1 aromatic carbocycles. The van der Waals surface area contributed by atoms with Gasteiger partial charge in [-0.05, 0) is 58.2 Å². The number of halogens is 1. The number of piperidine rings is 1. The Morgan fingerprint density at radius 2 is 1.90 bits per heavy atom. The number of hydrogen-bond acceptors (Lipinski definition) is 6. The molecule has 2 aromatic heterocycles. The van der Waals surface area contributed by atoms with Crippen LogP contribution in [-0.2, 0) is 6.61 Å². The monoisotopic (exact) mass is 441 g/mol. The molecule has 0 spiro atoms. The molecule has 2 aliphatic rings. The van der Waals surface area contributed by atoms with Crippen molar-refractivity contribution in [2.75, 3.05) is 11.9 Å². The highest BCUT2D eigenvalue weighted by molar-refractivity contribution is 7.19. The Morgan fingerprint density at radius 3 is 2.58 bits per heavy atom. The van der Waals surface area contributed by atoms with E-state index in [0.29, 0.717) is 24.1 Å². The maximum Gasteiger partial charge on any atom is 0.234 e. The maximum atomic E-state index is 14.9. The largest absolute Gasteiger partial charge is 0.472 e. The quantitative estimate of drug-likeness (QED) is 0.600. The lowest BCUT2D eigenvalue weighted by molar-refractivity contribution is 0.161. The van der Waals surface area contributed by atoms with Gasteiger partial charge in [-0.3, -0.25) is 5.10 Å². The molecule has 0 amide bonds. The Kier molecular flexibility index (Phi) is 4.64. The first kappa shape index (κ1) is 20.5. The van der Waals surface area contributed by atoms with Crippen LogP contribution in [0, 0.1) is 5.82 Å². The molecule has 2 aliphatic heterocycles. The van der Waals surface area contributed by atoms with Gasteiger partial charge < -0.3 is 15.0 Å². The Labute approximate surface area is 185 Å². The zero-order valence-corrected chi connectivity index (χ0v) is 19.4. The summed E-state index contributed by atoms with van der Waals surface area (Å²) in [5.41, 5.74) is 3.19. The smallest absolute Gasteiger partial charge is 0.234 e. The van der Waals surface area contributed by atoms with E-state index in [1.807, 2.05) is 6.07 Å². The average molecular weight is 442 g/mol. The number of nitrogens with zero attached hydrogens (tertiary/aromatic N) is 3. The summed E-state index contributed by atoms with van der Waals surface area (Å²) in [4.78, 5) is 7.95. The van der Waals surface area contributed by atoms with E-state index in [1.54, 1.807) is 29.8 Å². The number of H-pyrrole nitrogens is 1. The number of benzene rings is 1. The Morgan fingerprint density at radius 1 is 1.16 bits per heavy atom. The highest BCUT2D eigenvalue weighted by atomic mass is 32.1. The third-order valence-corrected chi connectivity index (χ3v) is 7.37. The van der Waals surface area contributed by atoms with Gasteiger partial charge in [-0.2, -0.15) is 10.1 Å². The molecule has 0 bridgehead atoms. The third-order valence-electron chi connectivity index (χ3n) is 6.21. The first-order chi connectivity index (χ1) is 14.6. The Balaban J connectivity index is 1.48. The van der Waals surface area contributed by atoms with E-state index in [1.165, 1.54) is 0 Å². The summed E-state index contributed by atoms with van der Waals surface area (Å²) in [6.45, 7) is 9.39. The van der Waals surface area contributed by atoms with Gasteiger partial charge in [-0.15, -0.1) is 0 Å². The normalized spacial score (nSPS) is 19.4. The van der Waals surface area contributed by atoms with Gasteiger partial charge in [0, 0.05) is 47.1 Å². The van der Waals surface area contributed by atoms with Crippen molar-refractivity contribution in [3.05, 3.63) is 35.9 Å². The van der Waals surface area contributed by atoms with Crippen LogP contribution in [0.15, 0.2) is 24.5 Å². The fourth-order valence-corrected chi connectivity index (χ4v) is 6.22. The molecule has 4 heterocycles. The van der Waals surface area contributed by atoms with Crippen LogP contribution in [-0.4, -0.2) is 39.3 Å². The van der Waals surface area contributed by atoms with Crippen molar-refractivity contribution < 1.29 is 9.13 Å². The summed E-state index contributed by atoms with van der Waals surface area (Å²) in [7, 11) is 2.11. The number of fused-ring (bicyclic) bond motifs is 3. The molecule has 0 aliphatic carbocycles. The molecule has 0 atom stereocenters. The van der Waals surface area contributed by atoms with Crippen molar-refractivity contribution in [3.63, 3.8) is 0 Å². The van der Waals surface area contributed by atoms with E-state index in [2.05, 4.69) is 55.2 Å². The molecule has 1 saturated heterocycles. The first-order valence-electron chi connectivity index (χ1n) is 10.6. The summed E-state index contributed by atoms with van der Waals surface area (Å²) in [5, 5.41) is 11.3. The molecule has 0 radical (unpaired) electrons. The van der Waals surface area contributed by atoms with Crippen LogP contribution in [0.5, 0.6) is 5.88 Å². The van der Waals surface area contributed by atoms with Crippen LogP contribution in [0.1, 0.15) is 46.1 Å². The van der Waals surface area contributed by atoms with Crippen molar-refractivity contribution in [2.24, 2.45) is 0 Å². The molecule has 0 unspecified atom stereocenters. The number of aromatic amines is 1. The summed E-state index contributed by atoms with van der Waals surface area (Å²) >= 11 is 1.58. The topological polar surface area (TPSA) is 66.1 Å². The van der Waals surface area contributed by atoms with Gasteiger partial charge in [0.25, 0.3) is 0 Å². The van der Waals surface area contributed by atoms with Gasteiger partial charge in [0.1, 0.15) is 17.3 Å². The number of ether oxygens (including phenoxy) is 1. The van der Waals surface area contributed by atoms with Crippen molar-refractivity contribution in [1.82, 2.24) is 20.5 Å². The standard InChI is InChI=1S/C23H28FN5OS/c1-22(2)8-15(9-23(3,4)28-22)29(5)21-27-20-19(31-21)17-7-18(24)16(6-13(17)12-30-20)14-10-25-26-11-14/h6-7,10-11,15,28H,8-9,12H2,1-5H3,(H,25,26). The molecule has 1 fully saturated rings. The summed E-state index contributed by atoms with van der Waals surface area (Å²) in [5.74, 6) is 0.334. The summed E-state index contributed by atoms with van der Waals surface area (Å²) in [6.07, 6.45) is 5.37. The summed E-state index contributed by atoms with van der Waals surface area (Å²) < 4.78 is 20.9. The second-order valence-electron chi connectivity index (χ2n) is 9.96. The molecule has 6 nitrogen and oxygen atoms in total. The van der Waals surface area contributed by atoms with Crippen LogP contribution >= 0.6 is 11.3 Å². The van der Waals surface area contributed by atoms with Crippen LogP contribution in [0.2, 0.25) is 0 Å². The number of nitrogens with one attached hydrogen (secondary N) is 2. The minimum atomic E-state index is -0.266. The minimum absolute atomic E-state index is 0.0489. The zero-order chi connectivity index (χ0) is 22.0. The molecule has 3 aromatic rings. The molecule has 164 valence electrons. The van der Waals surface area contributed by atoms with Crippen molar-refractivity contribution in [2.45, 2.75) is 64.3 Å². The molecule has 31 heavy (non-hydrogen) atoms. The summed E-state index contributed by atoms with van der Waals surface area (Å²) in [6, 6.07) is 3.83. The van der Waals surface area contributed by atoms with Crippen LogP contribution < -0.4 is 15.0 Å². The number of thiazole rings is 1. The number of anilines is 1. The van der Waals surface area contributed by atoms with Gasteiger partial charge in [0.15, 0.2) is 5.13 Å². The van der Waals surface area contributed by atoms with Crippen LogP contribution in [0.4, 0.5) is 9.52 Å². The molecule has 0 saturated carbocycles. The van der Waals surface area contributed by atoms with E-state index >= 15 is 0 Å². The van der Waals surface area contributed by atoms with Gasteiger partial charge in [0.05, 0.1) is 6.20 Å². The van der Waals surface area contributed by atoms with E-state index in [4.69, 9.17) is 9.72 Å². The molecular weight excluding hydrogens is 413 g/mol. The molecule has 8 heteroatoms. The van der Waals surface area contributed by atoms with E-state index in [0.717, 1.165) is 39.5 Å². The maximum absolute atomic E-state index is 14.9. The molecular formula is C23H28FN5OS. The van der Waals surface area contributed by atoms with Gasteiger partial charge >= 0.3 is 0 Å². The minimum Gasteiger partial charge on any atom is -0.472 e. The third kappa shape index (κ3) is 3.72. The second kappa shape index (κ2) is 7.03. The second-order valence-corrected chi connectivity index (χ2v) is 10.9. The van der Waals surface area contributed by atoms with E-state index in [-0.39, 0.29) is 16.9 Å². The van der Waals surface area contributed by atoms with Crippen molar-refractivity contribution in [3.8, 4) is 27.4 Å². The predicted octanol–water partition coefficient (Wildman–Crippen LogP) is 4.98. The highest BCUT2D eigenvalue weighted by Crippen LogP contribution is 2.46. The van der Waals surface area contributed by atoms with Crippen molar-refractivity contribution in [1.29, 1.82) is 0 Å². The SMILES string of the molecule is CN(c1nc2c(s1)-c1cc(F)c(-c3cn[nH]c3)cc1CO2)C1CC(C)(C)NC(C)(C)C1. The predicted molar refractivity (Wildman–Crippen MR) is 122 cm³/mol. The van der Waals surface area contributed by atoms with Gasteiger partial charge in [0.2, 0.25) is 5.88 Å². The average Bonchev–Trinajstić information content (AvgIpc) is 3.34. The lowest BCUT2D eigenvalue weighted by Crippen LogP contribution is -2.61. The zero-order valence-electron chi connectivity index (χ0n) is 18.5. The number of rotatable bonds is 3. The molecule has 5 rings (SSSR count). The highest BCUT2D eigenvalue weighted by Gasteiger charge is 2.40. The van der Waals surface area contributed by atoms with Gasteiger partial charge in [-0.25, -0.2) is 4.39 Å². The van der Waals surface area contributed by atoms with Crippen LogP contribution in [0.3, 0.4) is 0 Å². The first-order valence-corrected chi connectivity index (χ1v) is 11.4. The van der Waals surface area contributed by atoms with Crippen molar-refractivity contribution >= 4 is 16.5 Å². The Hall–Kier alpha value is -2.45. The van der Waals surface area contributed by atoms with E-state index < -0.39 is 0 Å². The van der Waals surface area contributed by atoms with Gasteiger partial charge in [-0.1, -0.05) is 11.3 Å². The lowest BCUT2D eigenvalue weighted by atomic mass is 9.79. The Bertz CT molecular complexity index is 1110. The van der Waals surface area contributed by atoms with Crippen LogP contribution in [0.25, 0.3) is 21.6 Å². The lowest BCUT2D eigenvalue weighted by Gasteiger charge is -2.48. The fourth-order valence-electron chi connectivity index (χ4n) is 5.13. The number of aromatic nitrogens is 3. The van der Waals surface area contributed by atoms with E-state index in [9.17, 15) is 4.39 Å². The molecule has 2 N–H and O–H groups in total. The number of hydrogen-bond donors (Lipinski definition) is 2.